The molecule has 0 saturated carbocycles. The number of alkyl halides is 3. The van der Waals surface area contributed by atoms with Gasteiger partial charge in [-0.1, -0.05) is 12.1 Å². The van der Waals surface area contributed by atoms with Crippen LogP contribution in [0.1, 0.15) is 21.7 Å². The molecular formula is C15H16F3N3O3. The monoisotopic (exact) mass is 343 g/mol. The Morgan fingerprint density at radius 2 is 2.08 bits per heavy atom. The number of methoxy groups -OCH3 is 1. The average molecular weight is 343 g/mol. The fraction of sp³-hybridized carbons (Fsp3) is 0.333. The van der Waals surface area contributed by atoms with E-state index in [-0.39, 0.29) is 12.2 Å². The summed E-state index contributed by atoms with van der Waals surface area (Å²) in [5.74, 6) is -0.0922. The SMILES string of the molecule is COCCOc1cccc(CNC(=O)c2cc(C(F)(F)F)[nH]n2)c1. The number of hydrogen-bond acceptors (Lipinski definition) is 4. The molecule has 24 heavy (non-hydrogen) atoms. The molecule has 0 radical (unpaired) electrons. The molecule has 1 aromatic heterocycles. The fourth-order valence-corrected chi connectivity index (χ4v) is 1.84. The first-order valence-electron chi connectivity index (χ1n) is 7.01. The molecule has 0 atom stereocenters. The first-order valence-corrected chi connectivity index (χ1v) is 7.01. The number of nitrogens with zero attached hydrogens (tertiary/aromatic N) is 1. The van der Waals surface area contributed by atoms with Gasteiger partial charge in [0, 0.05) is 19.7 Å². The van der Waals surface area contributed by atoms with Gasteiger partial charge in [-0.25, -0.2) is 0 Å². The summed E-state index contributed by atoms with van der Waals surface area (Å²) in [6.45, 7) is 0.968. The number of H-pyrrole nitrogens is 1. The van der Waals surface area contributed by atoms with Gasteiger partial charge < -0.3 is 14.8 Å². The smallest absolute Gasteiger partial charge is 0.432 e. The highest BCUT2D eigenvalue weighted by Crippen LogP contribution is 2.27. The van der Waals surface area contributed by atoms with Gasteiger partial charge in [-0.2, -0.15) is 18.3 Å². The van der Waals surface area contributed by atoms with Gasteiger partial charge in [-0.05, 0) is 17.7 Å². The minimum atomic E-state index is -4.57. The van der Waals surface area contributed by atoms with E-state index in [0.717, 1.165) is 5.56 Å². The molecule has 0 saturated heterocycles. The third kappa shape index (κ3) is 4.98. The van der Waals surface area contributed by atoms with Crippen LogP contribution < -0.4 is 10.1 Å². The van der Waals surface area contributed by atoms with E-state index in [0.29, 0.717) is 25.0 Å². The van der Waals surface area contributed by atoms with Crippen LogP contribution in [-0.2, 0) is 17.5 Å². The van der Waals surface area contributed by atoms with Crippen molar-refractivity contribution in [3.05, 3.63) is 47.3 Å². The number of carbonyl (C=O) groups excluding carboxylic acids is 1. The van der Waals surface area contributed by atoms with Crippen molar-refractivity contribution in [3.8, 4) is 5.75 Å². The summed E-state index contributed by atoms with van der Waals surface area (Å²) in [5, 5.41) is 7.67. The number of aromatic nitrogens is 2. The van der Waals surface area contributed by atoms with Crippen molar-refractivity contribution in [3.63, 3.8) is 0 Å². The lowest BCUT2D eigenvalue weighted by Gasteiger charge is -2.08. The summed E-state index contributed by atoms with van der Waals surface area (Å²) in [7, 11) is 1.56. The van der Waals surface area contributed by atoms with Gasteiger partial charge in [0.25, 0.3) is 5.91 Å². The summed E-state index contributed by atoms with van der Waals surface area (Å²) in [6.07, 6.45) is -4.57. The Hall–Kier alpha value is -2.55. The quantitative estimate of drug-likeness (QED) is 0.757. The van der Waals surface area contributed by atoms with Crippen LogP contribution >= 0.6 is 0 Å². The Labute approximate surface area is 136 Å². The topological polar surface area (TPSA) is 76.2 Å². The number of nitrogens with one attached hydrogen (secondary N) is 2. The molecule has 6 nitrogen and oxygen atoms in total. The molecular weight excluding hydrogens is 327 g/mol. The number of rotatable bonds is 7. The standard InChI is InChI=1S/C15H16F3N3O3/c1-23-5-6-24-11-4-2-3-10(7-11)9-19-14(22)12-8-13(21-20-12)15(16,17)18/h2-4,7-8H,5-6,9H2,1H3,(H,19,22)(H,20,21). The summed E-state index contributed by atoms with van der Waals surface area (Å²) >= 11 is 0. The number of halogens is 3. The summed E-state index contributed by atoms with van der Waals surface area (Å²) in [6, 6.07) is 7.65. The molecule has 2 aromatic rings. The van der Waals surface area contributed by atoms with Gasteiger partial charge >= 0.3 is 6.18 Å². The predicted molar refractivity (Wildman–Crippen MR) is 78.6 cm³/mol. The fourth-order valence-electron chi connectivity index (χ4n) is 1.84. The molecule has 2 N–H and O–H groups in total. The molecule has 0 unspecified atom stereocenters. The largest absolute Gasteiger partial charge is 0.491 e. The Balaban J connectivity index is 1.92. The number of amides is 1. The van der Waals surface area contributed by atoms with Crippen LogP contribution in [0.2, 0.25) is 0 Å². The van der Waals surface area contributed by atoms with Crippen molar-refractivity contribution in [2.45, 2.75) is 12.7 Å². The van der Waals surface area contributed by atoms with Gasteiger partial charge in [0.15, 0.2) is 5.69 Å². The molecule has 1 aromatic carbocycles. The molecule has 2 rings (SSSR count). The van der Waals surface area contributed by atoms with Crippen LogP contribution in [0.15, 0.2) is 30.3 Å². The van der Waals surface area contributed by atoms with E-state index < -0.39 is 17.8 Å². The molecule has 0 aliphatic rings. The molecule has 0 aliphatic carbocycles. The van der Waals surface area contributed by atoms with E-state index in [2.05, 4.69) is 10.4 Å². The molecule has 1 amide bonds. The zero-order valence-electron chi connectivity index (χ0n) is 12.8. The summed E-state index contributed by atoms with van der Waals surface area (Å²) in [4.78, 5) is 11.8. The predicted octanol–water partition coefficient (Wildman–Crippen LogP) is 2.38. The highest BCUT2D eigenvalue weighted by molar-refractivity contribution is 5.92. The van der Waals surface area contributed by atoms with Gasteiger partial charge in [0.1, 0.15) is 18.1 Å². The maximum Gasteiger partial charge on any atom is 0.432 e. The molecule has 0 aliphatic heterocycles. The first-order chi connectivity index (χ1) is 11.4. The van der Waals surface area contributed by atoms with Crippen molar-refractivity contribution in [1.82, 2.24) is 15.5 Å². The van der Waals surface area contributed by atoms with Crippen LogP contribution in [0.25, 0.3) is 0 Å². The minimum Gasteiger partial charge on any atom is -0.491 e. The van der Waals surface area contributed by atoms with Crippen LogP contribution in [0, 0.1) is 0 Å². The van der Waals surface area contributed by atoms with Crippen LogP contribution in [-0.4, -0.2) is 36.4 Å². The van der Waals surface area contributed by atoms with E-state index in [1.165, 1.54) is 0 Å². The molecule has 130 valence electrons. The van der Waals surface area contributed by atoms with Gasteiger partial charge in [-0.3, -0.25) is 9.89 Å². The number of ether oxygens (including phenoxy) is 2. The Morgan fingerprint density at radius 3 is 2.75 bits per heavy atom. The maximum absolute atomic E-state index is 12.5. The van der Waals surface area contributed by atoms with Crippen LogP contribution in [0.4, 0.5) is 13.2 Å². The Kier molecular flexibility index (Phi) is 5.80. The number of aromatic amines is 1. The van der Waals surface area contributed by atoms with Crippen LogP contribution in [0.3, 0.4) is 0 Å². The maximum atomic E-state index is 12.5. The zero-order valence-corrected chi connectivity index (χ0v) is 12.8. The van der Waals surface area contributed by atoms with Crippen LogP contribution in [0.5, 0.6) is 5.75 Å². The van der Waals surface area contributed by atoms with E-state index in [9.17, 15) is 18.0 Å². The van der Waals surface area contributed by atoms with Crippen molar-refractivity contribution >= 4 is 5.91 Å². The van der Waals surface area contributed by atoms with Gasteiger partial charge in [-0.15, -0.1) is 0 Å². The van der Waals surface area contributed by atoms with Gasteiger partial charge in [0.2, 0.25) is 0 Å². The minimum absolute atomic E-state index is 0.133. The van der Waals surface area contributed by atoms with Crippen molar-refractivity contribution in [1.29, 1.82) is 0 Å². The van der Waals surface area contributed by atoms with Gasteiger partial charge in [0.05, 0.1) is 6.61 Å². The second kappa shape index (κ2) is 7.82. The molecule has 0 fully saturated rings. The molecule has 0 spiro atoms. The molecule has 0 bridgehead atoms. The van der Waals surface area contributed by atoms with Crippen molar-refractivity contribution < 1.29 is 27.4 Å². The number of benzene rings is 1. The van der Waals surface area contributed by atoms with Crippen molar-refractivity contribution in [2.24, 2.45) is 0 Å². The molecule has 1 heterocycles. The Bertz CT molecular complexity index is 686. The highest BCUT2D eigenvalue weighted by atomic mass is 19.4. The lowest BCUT2D eigenvalue weighted by atomic mass is 10.2. The second-order valence-electron chi connectivity index (χ2n) is 4.84. The summed E-state index contributed by atoms with van der Waals surface area (Å²) in [5.41, 5.74) is -0.652. The lowest BCUT2D eigenvalue weighted by molar-refractivity contribution is -0.141. The normalized spacial score (nSPS) is 11.3. The van der Waals surface area contributed by atoms with E-state index in [1.54, 1.807) is 36.5 Å². The van der Waals surface area contributed by atoms with Crippen molar-refractivity contribution in [2.75, 3.05) is 20.3 Å². The third-order valence-electron chi connectivity index (χ3n) is 3.02. The second-order valence-corrected chi connectivity index (χ2v) is 4.84. The summed E-state index contributed by atoms with van der Waals surface area (Å²) < 4.78 is 47.7. The average Bonchev–Trinajstić information content (AvgIpc) is 3.04. The Morgan fingerprint density at radius 1 is 1.29 bits per heavy atom. The van der Waals surface area contributed by atoms with E-state index in [1.807, 2.05) is 0 Å². The van der Waals surface area contributed by atoms with E-state index >= 15 is 0 Å². The first kappa shape index (κ1) is 17.8. The van der Waals surface area contributed by atoms with E-state index in [4.69, 9.17) is 9.47 Å². The number of carbonyl (C=O) groups is 1. The zero-order chi connectivity index (χ0) is 17.6. The highest BCUT2D eigenvalue weighted by Gasteiger charge is 2.33. The lowest BCUT2D eigenvalue weighted by Crippen LogP contribution is -2.23. The number of hydrogen-bond donors (Lipinski definition) is 2. The third-order valence-corrected chi connectivity index (χ3v) is 3.02. The molecule has 9 heteroatoms.